The summed E-state index contributed by atoms with van der Waals surface area (Å²) in [5.74, 6) is -0.282. The quantitative estimate of drug-likeness (QED) is 0.676. The number of barbiturate groups is 1. The van der Waals surface area contributed by atoms with Crippen molar-refractivity contribution < 1.29 is 14.4 Å². The lowest BCUT2D eigenvalue weighted by atomic mass is 9.64. The molecule has 2 saturated heterocycles. The van der Waals surface area contributed by atoms with E-state index in [1.54, 1.807) is 0 Å². The van der Waals surface area contributed by atoms with Gasteiger partial charge in [0.2, 0.25) is 11.8 Å². The number of hydrogen-bond acceptors (Lipinski definition) is 4. The molecule has 25 heavy (non-hydrogen) atoms. The molecule has 0 aromatic heterocycles. The Morgan fingerprint density at radius 1 is 1.04 bits per heavy atom. The number of amides is 4. The Morgan fingerprint density at radius 3 is 2.36 bits per heavy atom. The van der Waals surface area contributed by atoms with Crippen LogP contribution >= 0.6 is 0 Å². The average molecular weight is 341 g/mol. The van der Waals surface area contributed by atoms with Gasteiger partial charge in [-0.05, 0) is 36.8 Å². The molecule has 0 unspecified atom stereocenters. The Kier molecular flexibility index (Phi) is 3.42. The minimum atomic E-state index is -1.21. The lowest BCUT2D eigenvalue weighted by Gasteiger charge is -2.55. The SMILES string of the molecule is C[C@H]1CCN2c3ccccc3CC3(C(=O)N(C)C(=O)N(C)C3=O)[C@@H]2C1. The normalized spacial score (nSPS) is 28.3. The molecule has 4 amide bonds. The molecule has 1 aromatic carbocycles. The molecule has 3 aliphatic heterocycles. The molecule has 0 bridgehead atoms. The van der Waals surface area contributed by atoms with Crippen molar-refractivity contribution in [3.8, 4) is 0 Å². The summed E-state index contributed by atoms with van der Waals surface area (Å²) in [5, 5.41) is 0. The van der Waals surface area contributed by atoms with E-state index in [-0.39, 0.29) is 17.9 Å². The van der Waals surface area contributed by atoms with Crippen molar-refractivity contribution in [2.45, 2.75) is 32.2 Å². The first-order valence-electron chi connectivity index (χ1n) is 8.82. The fourth-order valence-corrected chi connectivity index (χ4v) is 4.78. The maximum atomic E-state index is 13.3. The summed E-state index contributed by atoms with van der Waals surface area (Å²) in [7, 11) is 2.96. The second-order valence-electron chi connectivity index (χ2n) is 7.63. The molecule has 2 atom stereocenters. The van der Waals surface area contributed by atoms with Crippen molar-refractivity contribution in [3.05, 3.63) is 29.8 Å². The summed E-state index contributed by atoms with van der Waals surface area (Å²) >= 11 is 0. The van der Waals surface area contributed by atoms with E-state index in [2.05, 4.69) is 17.9 Å². The standard InChI is InChI=1S/C19H23N3O3/c1-12-8-9-22-14-7-5-4-6-13(14)11-19(15(22)10-12)16(23)20(2)18(25)21(3)17(19)24/h4-7,12,15H,8-11H2,1-3H3/t12-,15-/m0/s1. The number of carbonyl (C=O) groups is 3. The van der Waals surface area contributed by atoms with Crippen molar-refractivity contribution in [3.63, 3.8) is 0 Å². The summed E-state index contributed by atoms with van der Waals surface area (Å²) in [6, 6.07) is 7.25. The monoisotopic (exact) mass is 341 g/mol. The smallest absolute Gasteiger partial charge is 0.332 e. The zero-order chi connectivity index (χ0) is 17.9. The van der Waals surface area contributed by atoms with E-state index in [0.717, 1.165) is 40.4 Å². The minimum Gasteiger partial charge on any atom is -0.367 e. The molecule has 1 spiro atoms. The van der Waals surface area contributed by atoms with E-state index in [0.29, 0.717) is 12.3 Å². The van der Waals surface area contributed by atoms with Crippen molar-refractivity contribution in [1.82, 2.24) is 9.80 Å². The van der Waals surface area contributed by atoms with Crippen molar-refractivity contribution in [2.75, 3.05) is 25.5 Å². The first-order chi connectivity index (χ1) is 11.9. The zero-order valence-corrected chi connectivity index (χ0v) is 14.9. The van der Waals surface area contributed by atoms with Crippen molar-refractivity contribution in [2.24, 2.45) is 11.3 Å². The number of benzene rings is 1. The molecule has 0 N–H and O–H groups in total. The van der Waals surface area contributed by atoms with Gasteiger partial charge in [0.05, 0.1) is 6.04 Å². The molecule has 0 saturated carbocycles. The number of fused-ring (bicyclic) bond motifs is 4. The number of urea groups is 1. The van der Waals surface area contributed by atoms with Crippen LogP contribution in [0.1, 0.15) is 25.3 Å². The number of rotatable bonds is 0. The van der Waals surface area contributed by atoms with Crippen LogP contribution in [0.3, 0.4) is 0 Å². The number of para-hydroxylation sites is 1. The Balaban J connectivity index is 1.92. The van der Waals surface area contributed by atoms with Gasteiger partial charge in [-0.3, -0.25) is 19.4 Å². The first-order valence-corrected chi connectivity index (χ1v) is 8.82. The first kappa shape index (κ1) is 16.1. The summed E-state index contributed by atoms with van der Waals surface area (Å²) in [5.41, 5.74) is 0.916. The molecule has 3 heterocycles. The molecule has 3 aliphatic rings. The van der Waals surface area contributed by atoms with Gasteiger partial charge in [-0.1, -0.05) is 25.1 Å². The van der Waals surface area contributed by atoms with Gasteiger partial charge in [0.15, 0.2) is 5.41 Å². The maximum Gasteiger partial charge on any atom is 0.332 e. The van der Waals surface area contributed by atoms with Gasteiger partial charge < -0.3 is 4.90 Å². The molecule has 0 aliphatic carbocycles. The molecule has 6 nitrogen and oxygen atoms in total. The van der Waals surface area contributed by atoms with E-state index in [1.165, 1.54) is 14.1 Å². The van der Waals surface area contributed by atoms with E-state index in [9.17, 15) is 14.4 Å². The third kappa shape index (κ3) is 2.00. The number of nitrogens with zero attached hydrogens (tertiary/aromatic N) is 3. The Bertz CT molecular complexity index is 751. The lowest BCUT2D eigenvalue weighted by molar-refractivity contribution is -0.160. The predicted octanol–water partition coefficient (Wildman–Crippen LogP) is 1.88. The molecule has 132 valence electrons. The number of imide groups is 2. The largest absolute Gasteiger partial charge is 0.367 e. The molecule has 4 rings (SSSR count). The zero-order valence-electron chi connectivity index (χ0n) is 14.9. The van der Waals surface area contributed by atoms with Crippen molar-refractivity contribution in [1.29, 1.82) is 0 Å². The van der Waals surface area contributed by atoms with Gasteiger partial charge in [0.25, 0.3) is 0 Å². The molecule has 2 fully saturated rings. The summed E-state index contributed by atoms with van der Waals surface area (Å²) < 4.78 is 0. The summed E-state index contributed by atoms with van der Waals surface area (Å²) in [6.45, 7) is 2.99. The molecule has 0 radical (unpaired) electrons. The van der Waals surface area contributed by atoms with Crippen LogP contribution in [-0.2, 0) is 16.0 Å². The van der Waals surface area contributed by atoms with Crippen LogP contribution in [0.25, 0.3) is 0 Å². The van der Waals surface area contributed by atoms with Gasteiger partial charge in [-0.2, -0.15) is 0 Å². The van der Waals surface area contributed by atoms with Crippen LogP contribution in [0.4, 0.5) is 10.5 Å². The highest BCUT2D eigenvalue weighted by molar-refractivity contribution is 6.20. The van der Waals surface area contributed by atoms with Gasteiger partial charge in [0.1, 0.15) is 0 Å². The van der Waals surface area contributed by atoms with Crippen LogP contribution in [-0.4, -0.2) is 54.3 Å². The summed E-state index contributed by atoms with van der Waals surface area (Å²) in [4.78, 5) is 43.2. The minimum absolute atomic E-state index is 0.204. The lowest BCUT2D eigenvalue weighted by Crippen LogP contribution is -2.72. The molecular formula is C19H23N3O3. The highest BCUT2D eigenvalue weighted by atomic mass is 16.2. The maximum absolute atomic E-state index is 13.3. The predicted molar refractivity (Wildman–Crippen MR) is 93.0 cm³/mol. The summed E-state index contributed by atoms with van der Waals surface area (Å²) in [6.07, 6.45) is 2.17. The Labute approximate surface area is 147 Å². The van der Waals surface area contributed by atoms with Crippen molar-refractivity contribution >= 4 is 23.5 Å². The van der Waals surface area contributed by atoms with Crippen LogP contribution in [0.15, 0.2) is 24.3 Å². The molecular weight excluding hydrogens is 318 g/mol. The van der Waals surface area contributed by atoms with Crippen LogP contribution in [0.5, 0.6) is 0 Å². The second-order valence-corrected chi connectivity index (χ2v) is 7.63. The van der Waals surface area contributed by atoms with Crippen LogP contribution in [0, 0.1) is 11.3 Å². The van der Waals surface area contributed by atoms with Crippen LogP contribution in [0.2, 0.25) is 0 Å². The van der Waals surface area contributed by atoms with Gasteiger partial charge in [-0.25, -0.2) is 4.79 Å². The third-order valence-corrected chi connectivity index (χ3v) is 6.15. The Hall–Kier alpha value is -2.37. The van der Waals surface area contributed by atoms with E-state index in [1.807, 2.05) is 18.2 Å². The second kappa shape index (κ2) is 5.31. The molecule has 1 aromatic rings. The van der Waals surface area contributed by atoms with Gasteiger partial charge >= 0.3 is 6.03 Å². The van der Waals surface area contributed by atoms with Gasteiger partial charge in [-0.15, -0.1) is 0 Å². The topological polar surface area (TPSA) is 60.9 Å². The average Bonchev–Trinajstić information content (AvgIpc) is 2.63. The Morgan fingerprint density at radius 2 is 1.68 bits per heavy atom. The third-order valence-electron chi connectivity index (χ3n) is 6.15. The number of carbonyl (C=O) groups excluding carboxylic acids is 3. The highest BCUT2D eigenvalue weighted by Crippen LogP contribution is 2.49. The fraction of sp³-hybridized carbons (Fsp3) is 0.526. The van der Waals surface area contributed by atoms with Gasteiger partial charge in [0, 0.05) is 26.3 Å². The number of hydrogen-bond donors (Lipinski definition) is 0. The number of anilines is 1. The van der Waals surface area contributed by atoms with Crippen LogP contribution < -0.4 is 4.90 Å². The fourth-order valence-electron chi connectivity index (χ4n) is 4.78. The van der Waals surface area contributed by atoms with E-state index < -0.39 is 11.4 Å². The van der Waals surface area contributed by atoms with E-state index >= 15 is 0 Å². The number of piperidine rings is 1. The molecule has 6 heteroatoms. The highest BCUT2D eigenvalue weighted by Gasteiger charge is 2.63. The van der Waals surface area contributed by atoms with E-state index in [4.69, 9.17) is 0 Å².